The number of anilines is 1. The number of para-hydroxylation sites is 1. The highest BCUT2D eigenvalue weighted by atomic mass is 35.5. The molecule has 2 aliphatic rings. The molecule has 0 bridgehead atoms. The molecule has 2 aromatic carbocycles. The third-order valence-corrected chi connectivity index (χ3v) is 7.07. The lowest BCUT2D eigenvalue weighted by molar-refractivity contribution is -0.118. The number of hydrogen-bond donors (Lipinski definition) is 1. The fourth-order valence-electron chi connectivity index (χ4n) is 4.00. The van der Waals surface area contributed by atoms with Crippen molar-refractivity contribution in [3.63, 3.8) is 0 Å². The Balaban J connectivity index is 1.41. The van der Waals surface area contributed by atoms with E-state index in [1.807, 2.05) is 28.8 Å². The normalized spacial score (nSPS) is 16.6. The van der Waals surface area contributed by atoms with Crippen LogP contribution < -0.4 is 10.2 Å². The summed E-state index contributed by atoms with van der Waals surface area (Å²) in [6, 6.07) is 12.5. The average molecular weight is 401 g/mol. The zero-order valence-corrected chi connectivity index (χ0v) is 17.0. The van der Waals surface area contributed by atoms with Crippen LogP contribution in [-0.2, 0) is 24.1 Å². The van der Waals surface area contributed by atoms with Gasteiger partial charge in [0, 0.05) is 23.5 Å². The molecule has 0 saturated carbocycles. The van der Waals surface area contributed by atoms with Crippen molar-refractivity contribution in [1.82, 2.24) is 5.32 Å². The Morgan fingerprint density at radius 2 is 1.85 bits per heavy atom. The van der Waals surface area contributed by atoms with Gasteiger partial charge in [0.1, 0.15) is 0 Å². The summed E-state index contributed by atoms with van der Waals surface area (Å²) in [6.07, 6.45) is 4.55. The summed E-state index contributed by atoms with van der Waals surface area (Å²) in [5.41, 5.74) is 5.22. The van der Waals surface area contributed by atoms with Gasteiger partial charge in [-0.15, -0.1) is 11.8 Å². The highest BCUT2D eigenvalue weighted by Gasteiger charge is 2.23. The molecule has 2 aliphatic heterocycles. The zero-order valence-electron chi connectivity index (χ0n) is 15.5. The monoisotopic (exact) mass is 400 g/mol. The Hall–Kier alpha value is -1.49. The molecule has 1 N–H and O–H groups in total. The molecule has 0 radical (unpaired) electrons. The van der Waals surface area contributed by atoms with Gasteiger partial charge in [-0.1, -0.05) is 35.9 Å². The Labute approximate surface area is 170 Å². The Bertz CT molecular complexity index is 839. The number of amides is 1. The molecule has 0 spiro atoms. The topological polar surface area (TPSA) is 32.3 Å². The third kappa shape index (κ3) is 4.18. The maximum Gasteiger partial charge on any atom is 0.227 e. The number of benzene rings is 2. The van der Waals surface area contributed by atoms with Gasteiger partial charge in [-0.2, -0.15) is 0 Å². The number of hydrogen-bond acceptors (Lipinski definition) is 3. The van der Waals surface area contributed by atoms with Gasteiger partial charge in [0.2, 0.25) is 5.91 Å². The SMILES string of the molecule is O=C1CCc2ccccc2N1CCCSc1c(Cl)ccc2c1CCNCC2. The summed E-state index contributed by atoms with van der Waals surface area (Å²) in [4.78, 5) is 15.6. The first-order valence-corrected chi connectivity index (χ1v) is 11.1. The molecule has 1 amide bonds. The van der Waals surface area contributed by atoms with Gasteiger partial charge < -0.3 is 10.2 Å². The summed E-state index contributed by atoms with van der Waals surface area (Å²) in [6.45, 7) is 2.83. The van der Waals surface area contributed by atoms with E-state index in [1.54, 1.807) is 0 Å². The Morgan fingerprint density at radius 1 is 1.00 bits per heavy atom. The first-order valence-electron chi connectivity index (χ1n) is 9.76. The molecule has 0 unspecified atom stereocenters. The van der Waals surface area contributed by atoms with Crippen LogP contribution in [0.1, 0.15) is 29.5 Å². The molecule has 142 valence electrons. The third-order valence-electron chi connectivity index (χ3n) is 5.40. The van der Waals surface area contributed by atoms with Crippen LogP contribution in [0.2, 0.25) is 5.02 Å². The van der Waals surface area contributed by atoms with E-state index in [4.69, 9.17) is 11.6 Å². The van der Waals surface area contributed by atoms with Crippen molar-refractivity contribution in [3.8, 4) is 0 Å². The van der Waals surface area contributed by atoms with Gasteiger partial charge in [0.15, 0.2) is 0 Å². The van der Waals surface area contributed by atoms with Crippen LogP contribution in [0.4, 0.5) is 5.69 Å². The van der Waals surface area contributed by atoms with Crippen LogP contribution in [-0.4, -0.2) is 31.3 Å². The van der Waals surface area contributed by atoms with Gasteiger partial charge >= 0.3 is 0 Å². The lowest BCUT2D eigenvalue weighted by Gasteiger charge is -2.29. The van der Waals surface area contributed by atoms with E-state index in [9.17, 15) is 4.79 Å². The molecule has 0 fully saturated rings. The predicted molar refractivity (Wildman–Crippen MR) is 114 cm³/mol. The van der Waals surface area contributed by atoms with Gasteiger partial charge in [-0.25, -0.2) is 0 Å². The van der Waals surface area contributed by atoms with E-state index in [2.05, 4.69) is 29.6 Å². The predicted octanol–water partition coefficient (Wildman–Crippen LogP) is 4.49. The van der Waals surface area contributed by atoms with Crippen molar-refractivity contribution >= 4 is 35.0 Å². The Morgan fingerprint density at radius 3 is 2.78 bits per heavy atom. The Kier molecular flexibility index (Phi) is 6.06. The number of nitrogens with zero attached hydrogens (tertiary/aromatic N) is 1. The van der Waals surface area contributed by atoms with Gasteiger partial charge in [-0.3, -0.25) is 4.79 Å². The summed E-state index contributed by atoms with van der Waals surface area (Å²) in [5.74, 6) is 1.21. The van der Waals surface area contributed by atoms with Crippen molar-refractivity contribution in [2.45, 2.75) is 37.0 Å². The number of rotatable bonds is 5. The van der Waals surface area contributed by atoms with Crippen LogP contribution in [0.5, 0.6) is 0 Å². The van der Waals surface area contributed by atoms with Crippen LogP contribution in [0.25, 0.3) is 0 Å². The van der Waals surface area contributed by atoms with Crippen molar-refractivity contribution in [2.75, 3.05) is 30.3 Å². The largest absolute Gasteiger partial charge is 0.316 e. The summed E-state index contributed by atoms with van der Waals surface area (Å²) < 4.78 is 0. The second-order valence-electron chi connectivity index (χ2n) is 7.14. The second kappa shape index (κ2) is 8.68. The van der Waals surface area contributed by atoms with E-state index in [1.165, 1.54) is 21.6 Å². The van der Waals surface area contributed by atoms with Crippen LogP contribution in [0.15, 0.2) is 41.3 Å². The molecular weight excluding hydrogens is 376 g/mol. The van der Waals surface area contributed by atoms with Crippen molar-refractivity contribution in [1.29, 1.82) is 0 Å². The molecular formula is C22H25ClN2OS. The van der Waals surface area contributed by atoms with E-state index in [0.717, 1.165) is 61.8 Å². The number of nitrogens with one attached hydrogen (secondary N) is 1. The average Bonchev–Trinajstić information content (AvgIpc) is 2.93. The van der Waals surface area contributed by atoms with E-state index in [0.29, 0.717) is 6.42 Å². The highest BCUT2D eigenvalue weighted by Crippen LogP contribution is 2.35. The number of thioether (sulfide) groups is 1. The first-order chi connectivity index (χ1) is 13.2. The molecule has 2 aromatic rings. The number of carbonyl (C=O) groups is 1. The van der Waals surface area contributed by atoms with E-state index >= 15 is 0 Å². The number of aryl methyl sites for hydroxylation is 1. The molecule has 0 saturated heterocycles. The van der Waals surface area contributed by atoms with Crippen molar-refractivity contribution in [2.24, 2.45) is 0 Å². The van der Waals surface area contributed by atoms with Crippen LogP contribution in [0.3, 0.4) is 0 Å². The lowest BCUT2D eigenvalue weighted by Crippen LogP contribution is -2.36. The summed E-state index contributed by atoms with van der Waals surface area (Å²) in [7, 11) is 0. The second-order valence-corrected chi connectivity index (χ2v) is 8.65. The van der Waals surface area contributed by atoms with Gasteiger partial charge in [-0.05, 0) is 73.3 Å². The molecule has 0 aliphatic carbocycles. The minimum absolute atomic E-state index is 0.247. The fraction of sp³-hybridized carbons (Fsp3) is 0.409. The van der Waals surface area contributed by atoms with Gasteiger partial charge in [0.05, 0.1) is 5.02 Å². The smallest absolute Gasteiger partial charge is 0.227 e. The lowest BCUT2D eigenvalue weighted by atomic mass is 10.0. The number of carbonyl (C=O) groups excluding carboxylic acids is 1. The first kappa shape index (κ1) is 18.9. The highest BCUT2D eigenvalue weighted by molar-refractivity contribution is 7.99. The molecule has 27 heavy (non-hydrogen) atoms. The summed E-state index contributed by atoms with van der Waals surface area (Å²) >= 11 is 8.37. The van der Waals surface area contributed by atoms with Crippen molar-refractivity contribution < 1.29 is 4.79 Å². The summed E-state index contributed by atoms with van der Waals surface area (Å²) in [5, 5.41) is 4.33. The molecule has 3 nitrogen and oxygen atoms in total. The zero-order chi connectivity index (χ0) is 18.6. The van der Waals surface area contributed by atoms with Crippen molar-refractivity contribution in [3.05, 3.63) is 58.1 Å². The molecule has 0 atom stereocenters. The van der Waals surface area contributed by atoms with Gasteiger partial charge in [0.25, 0.3) is 0 Å². The van der Waals surface area contributed by atoms with Crippen LogP contribution in [0, 0.1) is 0 Å². The maximum absolute atomic E-state index is 12.4. The minimum Gasteiger partial charge on any atom is -0.316 e. The molecule has 5 heteroatoms. The molecule has 4 rings (SSSR count). The minimum atomic E-state index is 0.247. The van der Waals surface area contributed by atoms with E-state index < -0.39 is 0 Å². The fourth-order valence-corrected chi connectivity index (χ4v) is 5.44. The van der Waals surface area contributed by atoms with Crippen LogP contribution >= 0.6 is 23.4 Å². The number of halogens is 1. The number of fused-ring (bicyclic) bond motifs is 2. The molecule has 0 aromatic heterocycles. The molecule has 2 heterocycles. The van der Waals surface area contributed by atoms with E-state index in [-0.39, 0.29) is 5.91 Å². The maximum atomic E-state index is 12.4. The quantitative estimate of drug-likeness (QED) is 0.592. The standard InChI is InChI=1S/C22H25ClN2OS/c23-19-8-6-16-10-12-24-13-11-18(16)22(19)27-15-3-14-25-20-5-2-1-4-17(20)7-9-21(25)26/h1-2,4-6,8,24H,3,7,9-15H2.